The topological polar surface area (TPSA) is 125 Å². The van der Waals surface area contributed by atoms with Crippen molar-refractivity contribution in [3.05, 3.63) is 71.7 Å². The second kappa shape index (κ2) is 10.5. The van der Waals surface area contributed by atoms with Crippen LogP contribution in [-0.2, 0) is 12.1 Å². The smallest absolute Gasteiger partial charge is 0.224 e. The summed E-state index contributed by atoms with van der Waals surface area (Å²) in [5.74, 6) is 1.10. The van der Waals surface area contributed by atoms with Crippen molar-refractivity contribution in [2.24, 2.45) is 5.92 Å². The van der Waals surface area contributed by atoms with Crippen LogP contribution in [0.3, 0.4) is 0 Å². The molecule has 2 N–H and O–H groups in total. The summed E-state index contributed by atoms with van der Waals surface area (Å²) in [4.78, 5) is 14.4. The van der Waals surface area contributed by atoms with Crippen molar-refractivity contribution in [3.63, 3.8) is 0 Å². The van der Waals surface area contributed by atoms with Crippen molar-refractivity contribution in [1.29, 1.82) is 5.26 Å². The van der Waals surface area contributed by atoms with Gasteiger partial charge in [0.2, 0.25) is 5.95 Å². The number of benzene rings is 1. The van der Waals surface area contributed by atoms with Gasteiger partial charge in [0.05, 0.1) is 47.1 Å². The Balaban J connectivity index is 1.30. The van der Waals surface area contributed by atoms with E-state index in [4.69, 9.17) is 15.0 Å². The van der Waals surface area contributed by atoms with E-state index in [2.05, 4.69) is 28.6 Å². The molecule has 2 aliphatic rings. The highest BCUT2D eigenvalue weighted by Crippen LogP contribution is 2.37. The molecule has 0 aliphatic heterocycles. The molecule has 6 rings (SSSR count). The molecule has 9 nitrogen and oxygen atoms in total. The maximum absolute atomic E-state index is 11.0. The second-order valence-electron chi connectivity index (χ2n) is 10.9. The minimum atomic E-state index is -0.829. The predicted octanol–water partition coefficient (Wildman–Crippen LogP) is 5.08. The number of nitriles is 1. The molecule has 4 aromatic rings. The molecule has 198 valence electrons. The summed E-state index contributed by atoms with van der Waals surface area (Å²) in [5, 5.41) is 32.7. The number of aromatic nitrogens is 6. The highest BCUT2D eigenvalue weighted by molar-refractivity contribution is 5.68. The highest BCUT2D eigenvalue weighted by atomic mass is 16.3. The van der Waals surface area contributed by atoms with Gasteiger partial charge in [0, 0.05) is 11.6 Å². The first-order valence-electron chi connectivity index (χ1n) is 13.7. The zero-order chi connectivity index (χ0) is 26.8. The number of aliphatic hydroxyl groups is 1. The molecule has 2 aliphatic carbocycles. The first-order valence-corrected chi connectivity index (χ1v) is 13.7. The van der Waals surface area contributed by atoms with E-state index in [1.54, 1.807) is 10.7 Å². The quantitative estimate of drug-likeness (QED) is 0.346. The number of rotatable bonds is 7. The van der Waals surface area contributed by atoms with E-state index in [9.17, 15) is 10.4 Å². The Bertz CT molecular complexity index is 1520. The van der Waals surface area contributed by atoms with E-state index in [-0.39, 0.29) is 0 Å². The van der Waals surface area contributed by atoms with E-state index in [1.165, 1.54) is 12.8 Å². The fraction of sp³-hybridized carbons (Fsp3) is 0.400. The summed E-state index contributed by atoms with van der Waals surface area (Å²) in [6, 6.07) is 17.6. The standard InChI is InChI=1S/C30H32N8O/c1-20-7-4-11-24(20)33-29-34-25(22-9-5-8-21(15-22)17-31)16-26(35-29)27-19-38(37-36-27)18-23-10-6-12-28(32-23)30(39)13-2-3-14-30/h5-6,8-10,12,15-16,19-20,24,39H,2-4,7,11,13-14,18H2,1H3,(H,33,34,35)/t20-,24-/m1/s1. The Morgan fingerprint density at radius 2 is 1.82 bits per heavy atom. The van der Waals surface area contributed by atoms with Crippen molar-refractivity contribution in [1.82, 2.24) is 29.9 Å². The molecule has 3 aromatic heterocycles. The zero-order valence-corrected chi connectivity index (χ0v) is 22.1. The maximum Gasteiger partial charge on any atom is 0.224 e. The molecule has 9 heteroatoms. The van der Waals surface area contributed by atoms with Crippen LogP contribution < -0.4 is 5.32 Å². The third kappa shape index (κ3) is 5.38. The van der Waals surface area contributed by atoms with Gasteiger partial charge in [0.1, 0.15) is 11.3 Å². The Kier molecular flexibility index (Phi) is 6.79. The summed E-state index contributed by atoms with van der Waals surface area (Å²) in [5.41, 5.74) is 4.15. The molecule has 0 amide bonds. The summed E-state index contributed by atoms with van der Waals surface area (Å²) >= 11 is 0. The molecule has 0 bridgehead atoms. The monoisotopic (exact) mass is 520 g/mol. The lowest BCUT2D eigenvalue weighted by atomic mass is 9.97. The van der Waals surface area contributed by atoms with E-state index in [1.807, 2.05) is 48.7 Å². The highest BCUT2D eigenvalue weighted by Gasteiger charge is 2.34. The van der Waals surface area contributed by atoms with Crippen LogP contribution in [-0.4, -0.2) is 41.1 Å². The normalized spacial score (nSPS) is 20.1. The van der Waals surface area contributed by atoms with E-state index in [0.29, 0.717) is 41.4 Å². The van der Waals surface area contributed by atoms with Crippen LogP contribution in [0.2, 0.25) is 0 Å². The van der Waals surface area contributed by atoms with Crippen molar-refractivity contribution < 1.29 is 5.11 Å². The van der Waals surface area contributed by atoms with Crippen LogP contribution in [0.25, 0.3) is 22.6 Å². The summed E-state index contributed by atoms with van der Waals surface area (Å²) in [6.07, 6.45) is 8.87. The number of nitrogens with zero attached hydrogens (tertiary/aromatic N) is 7. The second-order valence-corrected chi connectivity index (χ2v) is 10.9. The molecular weight excluding hydrogens is 488 g/mol. The van der Waals surface area contributed by atoms with Crippen LogP contribution in [0.5, 0.6) is 0 Å². The average Bonchev–Trinajstić information content (AvgIpc) is 3.71. The fourth-order valence-corrected chi connectivity index (χ4v) is 5.77. The van der Waals surface area contributed by atoms with Gasteiger partial charge < -0.3 is 10.4 Å². The van der Waals surface area contributed by atoms with Gasteiger partial charge in [-0.15, -0.1) is 5.10 Å². The first kappa shape index (κ1) is 25.1. The number of pyridine rings is 1. The van der Waals surface area contributed by atoms with E-state index < -0.39 is 5.60 Å². The summed E-state index contributed by atoms with van der Waals surface area (Å²) in [6.45, 7) is 2.69. The SMILES string of the molecule is C[C@@H]1CCC[C@H]1Nc1nc(-c2cccc(C#N)c2)cc(-c2cn(Cc3cccc(C4(O)CCCC4)n3)nn2)n1. The molecule has 0 saturated heterocycles. The number of nitrogens with one attached hydrogen (secondary N) is 1. The van der Waals surface area contributed by atoms with E-state index in [0.717, 1.165) is 54.7 Å². The van der Waals surface area contributed by atoms with Crippen molar-refractivity contribution in [2.45, 2.75) is 70.1 Å². The molecular formula is C30H32N8O. The van der Waals surface area contributed by atoms with Gasteiger partial charge in [-0.1, -0.05) is 49.6 Å². The molecule has 0 radical (unpaired) electrons. The minimum Gasteiger partial charge on any atom is -0.384 e. The van der Waals surface area contributed by atoms with Gasteiger partial charge in [0.15, 0.2) is 0 Å². The van der Waals surface area contributed by atoms with Gasteiger partial charge in [-0.2, -0.15) is 5.26 Å². The molecule has 3 heterocycles. The van der Waals surface area contributed by atoms with Crippen molar-refractivity contribution >= 4 is 5.95 Å². The molecule has 0 spiro atoms. The van der Waals surface area contributed by atoms with Gasteiger partial charge in [-0.25, -0.2) is 14.6 Å². The molecule has 2 atom stereocenters. The van der Waals surface area contributed by atoms with Crippen molar-refractivity contribution in [3.8, 4) is 28.7 Å². The Labute approximate surface area is 228 Å². The van der Waals surface area contributed by atoms with Crippen LogP contribution >= 0.6 is 0 Å². The first-order chi connectivity index (χ1) is 19.0. The molecule has 2 fully saturated rings. The lowest BCUT2D eigenvalue weighted by Crippen LogP contribution is -2.23. The lowest BCUT2D eigenvalue weighted by Gasteiger charge is -2.21. The largest absolute Gasteiger partial charge is 0.384 e. The van der Waals surface area contributed by atoms with Crippen LogP contribution in [0.1, 0.15) is 68.8 Å². The molecule has 1 aromatic carbocycles. The van der Waals surface area contributed by atoms with Crippen molar-refractivity contribution in [2.75, 3.05) is 5.32 Å². The van der Waals surface area contributed by atoms with Gasteiger partial charge >= 0.3 is 0 Å². The summed E-state index contributed by atoms with van der Waals surface area (Å²) < 4.78 is 1.74. The Morgan fingerprint density at radius 3 is 2.62 bits per heavy atom. The molecule has 0 unspecified atom stereocenters. The number of hydrogen-bond acceptors (Lipinski definition) is 8. The molecule has 39 heavy (non-hydrogen) atoms. The number of hydrogen-bond donors (Lipinski definition) is 2. The third-order valence-corrected chi connectivity index (χ3v) is 8.03. The van der Waals surface area contributed by atoms with Gasteiger partial charge in [-0.05, 0) is 61.9 Å². The van der Waals surface area contributed by atoms with Crippen LogP contribution in [0, 0.1) is 17.2 Å². The fourth-order valence-electron chi connectivity index (χ4n) is 5.77. The predicted molar refractivity (Wildman–Crippen MR) is 147 cm³/mol. The lowest BCUT2D eigenvalue weighted by molar-refractivity contribution is 0.0397. The van der Waals surface area contributed by atoms with Gasteiger partial charge in [0.25, 0.3) is 0 Å². The Hall–Kier alpha value is -4.16. The Morgan fingerprint density at radius 1 is 1.00 bits per heavy atom. The number of anilines is 1. The zero-order valence-electron chi connectivity index (χ0n) is 22.1. The van der Waals surface area contributed by atoms with E-state index >= 15 is 0 Å². The maximum atomic E-state index is 11.0. The average molecular weight is 521 g/mol. The van der Waals surface area contributed by atoms with Crippen LogP contribution in [0.15, 0.2) is 54.7 Å². The molecule has 2 saturated carbocycles. The van der Waals surface area contributed by atoms with Crippen LogP contribution in [0.4, 0.5) is 5.95 Å². The minimum absolute atomic E-state index is 0.322. The third-order valence-electron chi connectivity index (χ3n) is 8.03. The van der Waals surface area contributed by atoms with Gasteiger partial charge in [-0.3, -0.25) is 4.98 Å². The summed E-state index contributed by atoms with van der Waals surface area (Å²) in [7, 11) is 0.